The summed E-state index contributed by atoms with van der Waals surface area (Å²) in [5.74, 6) is 0.567. The van der Waals surface area contributed by atoms with Gasteiger partial charge in [0.15, 0.2) is 5.82 Å². The van der Waals surface area contributed by atoms with Crippen LogP contribution in [0.2, 0.25) is 0 Å². The van der Waals surface area contributed by atoms with Crippen LogP contribution in [0, 0.1) is 22.7 Å². The van der Waals surface area contributed by atoms with E-state index in [4.69, 9.17) is 9.97 Å². The van der Waals surface area contributed by atoms with Gasteiger partial charge in [-0.25, -0.2) is 9.97 Å². The Labute approximate surface area is 237 Å². The number of rotatable bonds is 4. The summed E-state index contributed by atoms with van der Waals surface area (Å²) in [7, 11) is 0. The zero-order valence-corrected chi connectivity index (χ0v) is 22.1. The summed E-state index contributed by atoms with van der Waals surface area (Å²) in [5.41, 5.74) is 6.69. The first-order chi connectivity index (χ1) is 20.2. The highest BCUT2D eigenvalue weighted by molar-refractivity contribution is 6.09. The fraction of sp³-hybridized carbons (Fsp3) is 0.0556. The number of para-hydroxylation sites is 2. The molecule has 41 heavy (non-hydrogen) atoms. The van der Waals surface area contributed by atoms with Gasteiger partial charge in [0.1, 0.15) is 6.07 Å². The third kappa shape index (κ3) is 4.18. The van der Waals surface area contributed by atoms with Gasteiger partial charge < -0.3 is 4.57 Å². The molecule has 1 unspecified atom stereocenters. The molecular weight excluding hydrogens is 502 g/mol. The maximum atomic E-state index is 10.2. The number of benzene rings is 4. The minimum atomic E-state index is 0.102. The van der Waals surface area contributed by atoms with Crippen molar-refractivity contribution in [2.24, 2.45) is 0 Å². The minimum Gasteiger partial charge on any atom is -0.308 e. The van der Waals surface area contributed by atoms with Gasteiger partial charge in [-0.15, -0.1) is 0 Å². The van der Waals surface area contributed by atoms with E-state index in [-0.39, 0.29) is 5.92 Å². The van der Waals surface area contributed by atoms with E-state index in [2.05, 4.69) is 53.1 Å². The molecule has 0 amide bonds. The zero-order valence-electron chi connectivity index (χ0n) is 22.1. The summed E-state index contributed by atoms with van der Waals surface area (Å²) < 4.78 is 2.10. The Hall–Kier alpha value is -5.78. The van der Waals surface area contributed by atoms with Crippen LogP contribution in [0.25, 0.3) is 50.1 Å². The van der Waals surface area contributed by atoms with Crippen LogP contribution in [-0.2, 0) is 0 Å². The number of nitrogens with zero attached hydrogens (tertiary/aromatic N) is 5. The highest BCUT2D eigenvalue weighted by Crippen LogP contribution is 2.36. The molecule has 192 valence electrons. The van der Waals surface area contributed by atoms with Crippen molar-refractivity contribution in [3.8, 4) is 40.5 Å². The number of hydrogen-bond donors (Lipinski definition) is 0. The minimum absolute atomic E-state index is 0.102. The normalized spacial score (nSPS) is 14.2. The molecule has 1 aliphatic rings. The van der Waals surface area contributed by atoms with Gasteiger partial charge in [0.25, 0.3) is 0 Å². The number of nitriles is 2. The first-order valence-electron chi connectivity index (χ1n) is 13.5. The van der Waals surface area contributed by atoms with Crippen molar-refractivity contribution in [2.75, 3.05) is 0 Å². The van der Waals surface area contributed by atoms with Gasteiger partial charge in [0, 0.05) is 27.8 Å². The van der Waals surface area contributed by atoms with Gasteiger partial charge in [0.2, 0.25) is 0 Å². The molecule has 0 spiro atoms. The second-order valence-electron chi connectivity index (χ2n) is 10.0. The van der Waals surface area contributed by atoms with E-state index in [0.717, 1.165) is 45.2 Å². The third-order valence-corrected chi connectivity index (χ3v) is 7.61. The smallest absolute Gasteiger partial charge is 0.161 e. The Balaban J connectivity index is 1.51. The van der Waals surface area contributed by atoms with Crippen molar-refractivity contribution in [1.82, 2.24) is 14.5 Å². The van der Waals surface area contributed by atoms with Crippen molar-refractivity contribution in [2.45, 2.75) is 12.3 Å². The fourth-order valence-electron chi connectivity index (χ4n) is 5.66. The molecule has 0 aliphatic heterocycles. The van der Waals surface area contributed by atoms with Crippen LogP contribution in [0.1, 0.15) is 29.2 Å². The lowest BCUT2D eigenvalue weighted by molar-refractivity contribution is 0.811. The second-order valence-corrected chi connectivity index (χ2v) is 10.0. The lowest BCUT2D eigenvalue weighted by Gasteiger charge is -2.17. The first kappa shape index (κ1) is 24.3. The Morgan fingerprint density at radius 1 is 0.707 bits per heavy atom. The molecule has 0 N–H and O–H groups in total. The summed E-state index contributed by atoms with van der Waals surface area (Å²) >= 11 is 0. The molecule has 5 nitrogen and oxygen atoms in total. The van der Waals surface area contributed by atoms with Crippen molar-refractivity contribution < 1.29 is 0 Å². The van der Waals surface area contributed by atoms with Gasteiger partial charge in [-0.05, 0) is 36.8 Å². The van der Waals surface area contributed by atoms with Crippen molar-refractivity contribution in [3.63, 3.8) is 0 Å². The molecule has 5 heteroatoms. The molecule has 2 aromatic heterocycles. The van der Waals surface area contributed by atoms with Crippen LogP contribution in [0.3, 0.4) is 0 Å². The standard InChI is InChI=1S/C36H23N5/c37-22-26-19-27(23-38)35(41-33-17-9-7-15-28(33)29-16-8-10-18-34(29)41)20-30(26)36-39-31(24-11-3-1-4-12-24)21-32(40-36)25-13-5-2-6-14-25/h1-13,15-21,25H,14H2. The molecule has 1 aliphatic carbocycles. The summed E-state index contributed by atoms with van der Waals surface area (Å²) in [5, 5.41) is 22.7. The predicted octanol–water partition coefficient (Wildman–Crippen LogP) is 8.25. The molecule has 7 rings (SSSR count). The van der Waals surface area contributed by atoms with Gasteiger partial charge in [0.05, 0.1) is 45.3 Å². The number of hydrogen-bond acceptors (Lipinski definition) is 4. The van der Waals surface area contributed by atoms with Crippen LogP contribution in [0.5, 0.6) is 0 Å². The Kier molecular flexibility index (Phi) is 5.97. The summed E-state index contributed by atoms with van der Waals surface area (Å²) in [6, 6.07) is 36.6. The van der Waals surface area contributed by atoms with Gasteiger partial charge >= 0.3 is 0 Å². The molecule has 0 saturated heterocycles. The van der Waals surface area contributed by atoms with Crippen molar-refractivity contribution in [3.05, 3.63) is 138 Å². The molecule has 1 atom stereocenters. The fourth-order valence-corrected chi connectivity index (χ4v) is 5.66. The number of aromatic nitrogens is 3. The summed E-state index contributed by atoms with van der Waals surface area (Å²) in [6.45, 7) is 0. The van der Waals surface area contributed by atoms with Crippen LogP contribution < -0.4 is 0 Å². The maximum Gasteiger partial charge on any atom is 0.161 e. The third-order valence-electron chi connectivity index (χ3n) is 7.61. The predicted molar refractivity (Wildman–Crippen MR) is 162 cm³/mol. The van der Waals surface area contributed by atoms with Crippen molar-refractivity contribution in [1.29, 1.82) is 10.5 Å². The molecule has 0 bridgehead atoms. The van der Waals surface area contributed by atoms with Crippen LogP contribution in [0.4, 0.5) is 0 Å². The molecule has 0 fully saturated rings. The van der Waals surface area contributed by atoms with E-state index < -0.39 is 0 Å². The average molecular weight is 526 g/mol. The van der Waals surface area contributed by atoms with E-state index in [1.54, 1.807) is 6.07 Å². The highest BCUT2D eigenvalue weighted by atomic mass is 15.0. The van der Waals surface area contributed by atoms with Crippen LogP contribution in [-0.4, -0.2) is 14.5 Å². The van der Waals surface area contributed by atoms with E-state index >= 15 is 0 Å². The lowest BCUT2D eigenvalue weighted by Crippen LogP contribution is -2.06. The topological polar surface area (TPSA) is 78.3 Å². The van der Waals surface area contributed by atoms with E-state index in [0.29, 0.717) is 28.2 Å². The van der Waals surface area contributed by atoms with E-state index in [1.165, 1.54) is 0 Å². The molecule has 4 aromatic carbocycles. The summed E-state index contributed by atoms with van der Waals surface area (Å²) in [4.78, 5) is 10.0. The molecule has 0 radical (unpaired) electrons. The Morgan fingerprint density at radius 2 is 1.39 bits per heavy atom. The second kappa shape index (κ2) is 10.1. The lowest BCUT2D eigenvalue weighted by atomic mass is 9.95. The monoisotopic (exact) mass is 525 g/mol. The number of allylic oxidation sites excluding steroid dienone is 4. The van der Waals surface area contributed by atoms with Crippen molar-refractivity contribution >= 4 is 21.8 Å². The Morgan fingerprint density at radius 3 is 2.05 bits per heavy atom. The van der Waals surface area contributed by atoms with Crippen LogP contribution in [0.15, 0.2) is 121 Å². The van der Waals surface area contributed by atoms with Gasteiger partial charge in [-0.1, -0.05) is 91.0 Å². The SMILES string of the molecule is N#Cc1cc(C#N)c(-n2c3ccccc3c3ccccc32)cc1-c1nc(-c2ccccc2)cc(C2C=CC=CC2)n1. The Bertz CT molecular complexity index is 2050. The van der Waals surface area contributed by atoms with E-state index in [9.17, 15) is 10.5 Å². The maximum absolute atomic E-state index is 10.2. The first-order valence-corrected chi connectivity index (χ1v) is 13.5. The average Bonchev–Trinajstić information content (AvgIpc) is 3.39. The molecule has 6 aromatic rings. The molecule has 2 heterocycles. The van der Waals surface area contributed by atoms with Gasteiger partial charge in [-0.3, -0.25) is 0 Å². The highest BCUT2D eigenvalue weighted by Gasteiger charge is 2.21. The molecular formula is C36H23N5. The quantitative estimate of drug-likeness (QED) is 0.232. The zero-order chi connectivity index (χ0) is 27.8. The number of fused-ring (bicyclic) bond motifs is 3. The van der Waals surface area contributed by atoms with Gasteiger partial charge in [-0.2, -0.15) is 10.5 Å². The van der Waals surface area contributed by atoms with Crippen LogP contribution >= 0.6 is 0 Å². The summed E-state index contributed by atoms with van der Waals surface area (Å²) in [6.07, 6.45) is 9.21. The largest absolute Gasteiger partial charge is 0.308 e. The van der Waals surface area contributed by atoms with E-state index in [1.807, 2.05) is 78.9 Å². The molecule has 0 saturated carbocycles.